The second kappa shape index (κ2) is 7.11. The summed E-state index contributed by atoms with van der Waals surface area (Å²) in [5.41, 5.74) is 2.37. The Morgan fingerprint density at radius 3 is 2.75 bits per heavy atom. The third-order valence-electron chi connectivity index (χ3n) is 3.57. The Labute approximate surface area is 130 Å². The zero-order chi connectivity index (χ0) is 14.5. The lowest BCUT2D eigenvalue weighted by Crippen LogP contribution is -2.31. The minimum atomic E-state index is 0.433. The van der Waals surface area contributed by atoms with Crippen molar-refractivity contribution in [2.45, 2.75) is 25.9 Å². The van der Waals surface area contributed by atoms with Crippen LogP contribution < -0.4 is 10.2 Å². The molecule has 1 aromatic carbocycles. The Morgan fingerprint density at radius 2 is 2.10 bits per heavy atom. The number of nitrogens with one attached hydrogen (secondary N) is 1. The van der Waals surface area contributed by atoms with Gasteiger partial charge in [0, 0.05) is 47.2 Å². The van der Waals surface area contributed by atoms with Crippen LogP contribution in [0.2, 0.25) is 5.02 Å². The molecule has 20 heavy (non-hydrogen) atoms. The maximum Gasteiger partial charge on any atom is 0.0471 e. The van der Waals surface area contributed by atoms with Gasteiger partial charge in [0.1, 0.15) is 0 Å². The molecule has 1 atom stereocenters. The van der Waals surface area contributed by atoms with E-state index in [0.29, 0.717) is 6.04 Å². The molecule has 2 aromatic rings. The van der Waals surface area contributed by atoms with Crippen LogP contribution in [0, 0.1) is 0 Å². The number of hydrogen-bond acceptors (Lipinski definition) is 3. The zero-order valence-corrected chi connectivity index (χ0v) is 13.8. The van der Waals surface area contributed by atoms with E-state index in [1.807, 2.05) is 30.5 Å². The summed E-state index contributed by atoms with van der Waals surface area (Å²) >= 11 is 8.15. The minimum absolute atomic E-state index is 0.433. The van der Waals surface area contributed by atoms with E-state index in [1.54, 1.807) is 0 Å². The van der Waals surface area contributed by atoms with E-state index in [2.05, 4.69) is 47.8 Å². The first-order valence-corrected chi connectivity index (χ1v) is 8.06. The Kier molecular flexibility index (Phi) is 5.46. The van der Waals surface area contributed by atoms with Gasteiger partial charge in [0.2, 0.25) is 0 Å². The van der Waals surface area contributed by atoms with Crippen molar-refractivity contribution in [1.82, 2.24) is 5.32 Å². The van der Waals surface area contributed by atoms with Gasteiger partial charge in [0.05, 0.1) is 0 Å². The molecule has 0 aliphatic rings. The molecule has 2 rings (SSSR count). The number of thiophene rings is 1. The van der Waals surface area contributed by atoms with Gasteiger partial charge in [-0.05, 0) is 37.6 Å². The van der Waals surface area contributed by atoms with Gasteiger partial charge in [-0.2, -0.15) is 0 Å². The molecular formula is C16H21ClN2S. The highest BCUT2D eigenvalue weighted by Gasteiger charge is 2.16. The van der Waals surface area contributed by atoms with E-state index in [9.17, 15) is 0 Å². The molecule has 108 valence electrons. The summed E-state index contributed by atoms with van der Waals surface area (Å²) in [6.07, 6.45) is 1.06. The average Bonchev–Trinajstić information content (AvgIpc) is 2.93. The molecule has 1 heterocycles. The Hall–Kier alpha value is -1.03. The highest BCUT2D eigenvalue weighted by atomic mass is 35.5. The van der Waals surface area contributed by atoms with Crippen LogP contribution in [0.25, 0.3) is 0 Å². The lowest BCUT2D eigenvalue weighted by Gasteiger charge is -2.29. The summed E-state index contributed by atoms with van der Waals surface area (Å²) in [7, 11) is 4.09. The van der Waals surface area contributed by atoms with Gasteiger partial charge in [-0.25, -0.2) is 0 Å². The second-order valence-electron chi connectivity index (χ2n) is 5.01. The maximum absolute atomic E-state index is 6.34. The summed E-state index contributed by atoms with van der Waals surface area (Å²) < 4.78 is 0. The summed E-state index contributed by atoms with van der Waals surface area (Å²) in [5.74, 6) is 0. The lowest BCUT2D eigenvalue weighted by molar-refractivity contribution is 0.681. The molecule has 1 aromatic heterocycles. The van der Waals surface area contributed by atoms with Crippen LogP contribution in [0.1, 0.15) is 17.4 Å². The predicted octanol–water partition coefficient (Wildman–Crippen LogP) is 4.19. The molecule has 1 N–H and O–H groups in total. The van der Waals surface area contributed by atoms with Gasteiger partial charge in [-0.15, -0.1) is 11.3 Å². The second-order valence-corrected chi connectivity index (χ2v) is 6.45. The molecule has 0 amide bonds. The fraction of sp³-hybridized carbons (Fsp3) is 0.375. The SMILES string of the molecule is CNCc1c(Cl)cccc1N(C)C(C)Cc1cccs1. The molecule has 4 heteroatoms. The number of benzene rings is 1. The summed E-state index contributed by atoms with van der Waals surface area (Å²) in [5, 5.41) is 6.15. The van der Waals surface area contributed by atoms with Crippen molar-refractivity contribution in [3.63, 3.8) is 0 Å². The van der Waals surface area contributed by atoms with E-state index in [4.69, 9.17) is 11.6 Å². The number of likely N-dealkylation sites (N-methyl/N-ethyl adjacent to an activating group) is 1. The van der Waals surface area contributed by atoms with Crippen LogP contribution in [-0.2, 0) is 13.0 Å². The maximum atomic E-state index is 6.34. The van der Waals surface area contributed by atoms with Crippen molar-refractivity contribution >= 4 is 28.6 Å². The fourth-order valence-corrected chi connectivity index (χ4v) is 3.39. The Bertz CT molecular complexity index is 539. The molecule has 0 saturated carbocycles. The van der Waals surface area contributed by atoms with Crippen LogP contribution in [0.15, 0.2) is 35.7 Å². The number of nitrogens with zero attached hydrogens (tertiary/aromatic N) is 1. The Morgan fingerprint density at radius 1 is 1.30 bits per heavy atom. The highest BCUT2D eigenvalue weighted by Crippen LogP contribution is 2.29. The predicted molar refractivity (Wildman–Crippen MR) is 90.1 cm³/mol. The third kappa shape index (κ3) is 3.54. The summed E-state index contributed by atoms with van der Waals surface area (Å²) in [4.78, 5) is 3.74. The van der Waals surface area contributed by atoms with Crippen LogP contribution >= 0.6 is 22.9 Å². The molecule has 0 radical (unpaired) electrons. The smallest absolute Gasteiger partial charge is 0.0471 e. The molecule has 0 fully saturated rings. The van der Waals surface area contributed by atoms with Gasteiger partial charge in [-0.3, -0.25) is 0 Å². The van der Waals surface area contributed by atoms with Crippen molar-refractivity contribution in [3.8, 4) is 0 Å². The minimum Gasteiger partial charge on any atom is -0.371 e. The van der Waals surface area contributed by atoms with E-state index in [0.717, 1.165) is 23.6 Å². The van der Waals surface area contributed by atoms with Crippen molar-refractivity contribution < 1.29 is 0 Å². The zero-order valence-electron chi connectivity index (χ0n) is 12.2. The standard InChI is InChI=1S/C16H21ClN2S/c1-12(10-13-6-5-9-20-13)19(3)16-8-4-7-15(17)14(16)11-18-2/h4-9,12,18H,10-11H2,1-3H3. The van der Waals surface area contributed by atoms with Crippen molar-refractivity contribution in [2.24, 2.45) is 0 Å². The fourth-order valence-electron chi connectivity index (χ4n) is 2.32. The van der Waals surface area contributed by atoms with Crippen LogP contribution in [0.5, 0.6) is 0 Å². The van der Waals surface area contributed by atoms with Crippen molar-refractivity contribution in [1.29, 1.82) is 0 Å². The molecule has 0 bridgehead atoms. The number of anilines is 1. The summed E-state index contributed by atoms with van der Waals surface area (Å²) in [6.45, 7) is 3.04. The molecule has 0 aliphatic heterocycles. The van der Waals surface area contributed by atoms with E-state index in [-0.39, 0.29) is 0 Å². The molecule has 0 saturated heterocycles. The van der Waals surface area contributed by atoms with Gasteiger partial charge in [-0.1, -0.05) is 23.7 Å². The average molecular weight is 309 g/mol. The van der Waals surface area contributed by atoms with Gasteiger partial charge in [0.25, 0.3) is 0 Å². The van der Waals surface area contributed by atoms with Crippen LogP contribution in [0.4, 0.5) is 5.69 Å². The van der Waals surface area contributed by atoms with Crippen molar-refractivity contribution in [3.05, 3.63) is 51.2 Å². The van der Waals surface area contributed by atoms with E-state index in [1.165, 1.54) is 10.6 Å². The molecule has 2 nitrogen and oxygen atoms in total. The molecular weight excluding hydrogens is 288 g/mol. The summed E-state index contributed by atoms with van der Waals surface area (Å²) in [6, 6.07) is 10.9. The van der Waals surface area contributed by atoms with Gasteiger partial charge < -0.3 is 10.2 Å². The number of halogens is 1. The number of rotatable bonds is 6. The first-order chi connectivity index (χ1) is 9.63. The molecule has 0 spiro atoms. The van der Waals surface area contributed by atoms with E-state index >= 15 is 0 Å². The molecule has 0 aliphatic carbocycles. The molecule has 1 unspecified atom stereocenters. The van der Waals surface area contributed by atoms with Gasteiger partial charge in [0.15, 0.2) is 0 Å². The monoisotopic (exact) mass is 308 g/mol. The van der Waals surface area contributed by atoms with Crippen LogP contribution in [-0.4, -0.2) is 20.1 Å². The first kappa shape index (κ1) is 15.4. The van der Waals surface area contributed by atoms with Gasteiger partial charge >= 0.3 is 0 Å². The third-order valence-corrected chi connectivity index (χ3v) is 4.82. The largest absolute Gasteiger partial charge is 0.371 e. The van der Waals surface area contributed by atoms with Crippen LogP contribution in [0.3, 0.4) is 0 Å². The topological polar surface area (TPSA) is 15.3 Å². The normalized spacial score (nSPS) is 12.4. The first-order valence-electron chi connectivity index (χ1n) is 6.80. The highest BCUT2D eigenvalue weighted by molar-refractivity contribution is 7.09. The van der Waals surface area contributed by atoms with Crippen molar-refractivity contribution in [2.75, 3.05) is 19.0 Å². The number of hydrogen-bond donors (Lipinski definition) is 1. The lowest BCUT2D eigenvalue weighted by atomic mass is 10.1. The van der Waals surface area contributed by atoms with E-state index < -0.39 is 0 Å². The Balaban J connectivity index is 2.19. The quantitative estimate of drug-likeness (QED) is 0.861.